The minimum absolute atomic E-state index is 0.0713. The summed E-state index contributed by atoms with van der Waals surface area (Å²) in [7, 11) is 0. The number of hydrogen-bond donors (Lipinski definition) is 2. The van der Waals surface area contributed by atoms with Crippen LogP contribution < -0.4 is 11.3 Å². The van der Waals surface area contributed by atoms with Crippen LogP contribution in [0.1, 0.15) is 32.6 Å². The van der Waals surface area contributed by atoms with Gasteiger partial charge in [-0.05, 0) is 12.2 Å². The largest absolute Gasteiger partial charge is 0.294 e. The summed E-state index contributed by atoms with van der Waals surface area (Å²) < 4.78 is 0. The van der Waals surface area contributed by atoms with Crippen LogP contribution in [0.3, 0.4) is 0 Å². The summed E-state index contributed by atoms with van der Waals surface area (Å²) in [6, 6.07) is 0. The first-order valence-corrected chi connectivity index (χ1v) is 5.54. The average Bonchev–Trinajstić information content (AvgIpc) is 2.10. The Labute approximate surface area is 78.4 Å². The molecule has 72 valence electrons. The molecule has 0 aliphatic carbocycles. The van der Waals surface area contributed by atoms with Gasteiger partial charge in [0.25, 0.3) is 0 Å². The SMILES string of the molecule is CCCCCSCCC(=O)NN. The van der Waals surface area contributed by atoms with Crippen LogP contribution in [0.4, 0.5) is 0 Å². The number of carbonyl (C=O) groups excluding carboxylic acids is 1. The van der Waals surface area contributed by atoms with E-state index in [4.69, 9.17) is 5.84 Å². The van der Waals surface area contributed by atoms with Crippen molar-refractivity contribution < 1.29 is 4.79 Å². The fraction of sp³-hybridized carbons (Fsp3) is 0.875. The van der Waals surface area contributed by atoms with Crippen LogP contribution in [0.2, 0.25) is 0 Å². The van der Waals surface area contributed by atoms with Gasteiger partial charge < -0.3 is 0 Å². The van der Waals surface area contributed by atoms with Crippen LogP contribution in [-0.2, 0) is 4.79 Å². The summed E-state index contributed by atoms with van der Waals surface area (Å²) in [4.78, 5) is 10.7. The van der Waals surface area contributed by atoms with Crippen molar-refractivity contribution in [2.45, 2.75) is 32.6 Å². The molecule has 0 atom stereocenters. The Morgan fingerprint density at radius 3 is 2.75 bits per heavy atom. The Balaban J connectivity index is 2.95. The second kappa shape index (κ2) is 8.87. The lowest BCUT2D eigenvalue weighted by Gasteiger charge is -1.99. The number of nitrogens with two attached hydrogens (primary N) is 1. The molecule has 0 rings (SSSR count). The van der Waals surface area contributed by atoms with Crippen molar-refractivity contribution in [3.8, 4) is 0 Å². The number of hydrogen-bond acceptors (Lipinski definition) is 3. The Bertz CT molecular complexity index is 120. The van der Waals surface area contributed by atoms with E-state index in [9.17, 15) is 4.79 Å². The summed E-state index contributed by atoms with van der Waals surface area (Å²) in [5, 5.41) is 0. The predicted octanol–water partition coefficient (Wildman–Crippen LogP) is 1.29. The number of amides is 1. The molecule has 0 saturated carbocycles. The normalized spacial score (nSPS) is 9.83. The Kier molecular flexibility index (Phi) is 8.71. The van der Waals surface area contributed by atoms with E-state index in [1.54, 1.807) is 0 Å². The monoisotopic (exact) mass is 190 g/mol. The third-order valence-corrected chi connectivity index (χ3v) is 2.60. The highest BCUT2D eigenvalue weighted by atomic mass is 32.2. The Hall–Kier alpha value is -0.220. The molecule has 3 N–H and O–H groups in total. The molecule has 0 fully saturated rings. The second-order valence-corrected chi connectivity index (χ2v) is 3.86. The zero-order valence-corrected chi connectivity index (χ0v) is 8.45. The van der Waals surface area contributed by atoms with Gasteiger partial charge in [-0.3, -0.25) is 10.2 Å². The topological polar surface area (TPSA) is 55.1 Å². The Morgan fingerprint density at radius 2 is 2.17 bits per heavy atom. The molecule has 0 bridgehead atoms. The van der Waals surface area contributed by atoms with Gasteiger partial charge in [-0.15, -0.1) is 0 Å². The first-order valence-electron chi connectivity index (χ1n) is 4.38. The summed E-state index contributed by atoms with van der Waals surface area (Å²) >= 11 is 1.82. The second-order valence-electron chi connectivity index (χ2n) is 2.64. The van der Waals surface area contributed by atoms with Crippen LogP contribution in [0.15, 0.2) is 0 Å². The number of carbonyl (C=O) groups is 1. The minimum atomic E-state index is -0.0713. The molecule has 0 saturated heterocycles. The molecule has 0 aliphatic rings. The number of thioether (sulfide) groups is 1. The van der Waals surface area contributed by atoms with Crippen LogP contribution in [0, 0.1) is 0 Å². The van der Waals surface area contributed by atoms with E-state index in [1.165, 1.54) is 19.3 Å². The number of unbranched alkanes of at least 4 members (excludes halogenated alkanes) is 2. The van der Waals surface area contributed by atoms with E-state index in [0.717, 1.165) is 11.5 Å². The van der Waals surface area contributed by atoms with E-state index in [2.05, 4.69) is 12.3 Å². The first kappa shape index (κ1) is 11.8. The van der Waals surface area contributed by atoms with Crippen molar-refractivity contribution in [3.05, 3.63) is 0 Å². The predicted molar refractivity (Wildman–Crippen MR) is 53.8 cm³/mol. The standard InChI is InChI=1S/C8H18N2OS/c1-2-3-4-6-12-7-5-8(11)10-9/h2-7,9H2,1H3,(H,10,11). The van der Waals surface area contributed by atoms with E-state index >= 15 is 0 Å². The van der Waals surface area contributed by atoms with Gasteiger partial charge in [0.2, 0.25) is 5.91 Å². The molecule has 0 aromatic heterocycles. The molecular weight excluding hydrogens is 172 g/mol. The minimum Gasteiger partial charge on any atom is -0.294 e. The number of hydrazine groups is 1. The van der Waals surface area contributed by atoms with Gasteiger partial charge in [0, 0.05) is 12.2 Å². The molecule has 0 spiro atoms. The van der Waals surface area contributed by atoms with E-state index in [0.29, 0.717) is 6.42 Å². The van der Waals surface area contributed by atoms with Crippen molar-refractivity contribution in [1.29, 1.82) is 0 Å². The Morgan fingerprint density at radius 1 is 1.42 bits per heavy atom. The molecule has 3 nitrogen and oxygen atoms in total. The molecular formula is C8H18N2OS. The molecule has 0 radical (unpaired) electrons. The van der Waals surface area contributed by atoms with Gasteiger partial charge in [0.05, 0.1) is 0 Å². The summed E-state index contributed by atoms with van der Waals surface area (Å²) in [6.07, 6.45) is 4.33. The van der Waals surface area contributed by atoms with Crippen LogP contribution in [-0.4, -0.2) is 17.4 Å². The smallest absolute Gasteiger partial charge is 0.234 e. The first-order chi connectivity index (χ1) is 5.81. The molecule has 0 heterocycles. The summed E-state index contributed by atoms with van der Waals surface area (Å²) in [6.45, 7) is 2.19. The van der Waals surface area contributed by atoms with E-state index < -0.39 is 0 Å². The maximum absolute atomic E-state index is 10.7. The van der Waals surface area contributed by atoms with Gasteiger partial charge in [-0.2, -0.15) is 11.8 Å². The van der Waals surface area contributed by atoms with Gasteiger partial charge >= 0.3 is 0 Å². The zero-order chi connectivity index (χ0) is 9.23. The number of nitrogens with one attached hydrogen (secondary N) is 1. The number of rotatable bonds is 7. The van der Waals surface area contributed by atoms with Crippen molar-refractivity contribution in [2.75, 3.05) is 11.5 Å². The third-order valence-electron chi connectivity index (χ3n) is 1.53. The molecule has 0 aliphatic heterocycles. The van der Waals surface area contributed by atoms with Crippen molar-refractivity contribution in [2.24, 2.45) is 5.84 Å². The molecule has 0 aromatic rings. The quantitative estimate of drug-likeness (QED) is 0.275. The maximum atomic E-state index is 10.7. The molecule has 0 unspecified atom stereocenters. The maximum Gasteiger partial charge on any atom is 0.234 e. The van der Waals surface area contributed by atoms with Crippen molar-refractivity contribution >= 4 is 17.7 Å². The lowest BCUT2D eigenvalue weighted by Crippen LogP contribution is -2.30. The fourth-order valence-electron chi connectivity index (χ4n) is 0.793. The molecule has 12 heavy (non-hydrogen) atoms. The van der Waals surface area contributed by atoms with Crippen LogP contribution in [0.5, 0.6) is 0 Å². The summed E-state index contributed by atoms with van der Waals surface area (Å²) in [5.41, 5.74) is 2.11. The average molecular weight is 190 g/mol. The highest BCUT2D eigenvalue weighted by Crippen LogP contribution is 2.06. The lowest BCUT2D eigenvalue weighted by atomic mass is 10.3. The van der Waals surface area contributed by atoms with E-state index in [-0.39, 0.29) is 5.91 Å². The van der Waals surface area contributed by atoms with Crippen molar-refractivity contribution in [1.82, 2.24) is 5.43 Å². The highest BCUT2D eigenvalue weighted by molar-refractivity contribution is 7.99. The third kappa shape index (κ3) is 7.88. The van der Waals surface area contributed by atoms with Crippen LogP contribution >= 0.6 is 11.8 Å². The van der Waals surface area contributed by atoms with Gasteiger partial charge in [0.15, 0.2) is 0 Å². The molecule has 4 heteroatoms. The van der Waals surface area contributed by atoms with Crippen molar-refractivity contribution in [3.63, 3.8) is 0 Å². The molecule has 0 aromatic carbocycles. The van der Waals surface area contributed by atoms with Crippen LogP contribution in [0.25, 0.3) is 0 Å². The van der Waals surface area contributed by atoms with Gasteiger partial charge in [-0.25, -0.2) is 5.84 Å². The van der Waals surface area contributed by atoms with E-state index in [1.807, 2.05) is 11.8 Å². The zero-order valence-electron chi connectivity index (χ0n) is 7.64. The van der Waals surface area contributed by atoms with Gasteiger partial charge in [-0.1, -0.05) is 19.8 Å². The summed E-state index contributed by atoms with van der Waals surface area (Å²) in [5.74, 6) is 6.89. The highest BCUT2D eigenvalue weighted by Gasteiger charge is 1.96. The van der Waals surface area contributed by atoms with Gasteiger partial charge in [0.1, 0.15) is 0 Å². The lowest BCUT2D eigenvalue weighted by molar-refractivity contribution is -0.120. The fourth-order valence-corrected chi connectivity index (χ4v) is 1.74. The molecule has 1 amide bonds.